The van der Waals surface area contributed by atoms with Crippen molar-refractivity contribution in [2.45, 2.75) is 64.4 Å². The number of phenols is 1. The molecule has 0 aromatic heterocycles. The van der Waals surface area contributed by atoms with E-state index in [1.54, 1.807) is 0 Å². The van der Waals surface area contributed by atoms with Gasteiger partial charge in [-0.15, -0.1) is 0 Å². The second kappa shape index (κ2) is 5.07. The van der Waals surface area contributed by atoms with Gasteiger partial charge < -0.3 is 10.2 Å². The number of aliphatic hydroxyl groups excluding tert-OH is 1. The Balaban J connectivity index is 1.74. The summed E-state index contributed by atoms with van der Waals surface area (Å²) in [7, 11) is 0. The van der Waals surface area contributed by atoms with Gasteiger partial charge in [0, 0.05) is 0 Å². The van der Waals surface area contributed by atoms with Crippen LogP contribution in [0.25, 0.3) is 0 Å². The lowest BCUT2D eigenvalue weighted by Gasteiger charge is -2.50. The highest BCUT2D eigenvalue weighted by atomic mass is 16.3. The quantitative estimate of drug-likeness (QED) is 0.775. The maximum Gasteiger partial charge on any atom is 0.163 e. The third-order valence-electron chi connectivity index (χ3n) is 7.17. The smallest absolute Gasteiger partial charge is 0.163 e. The molecule has 0 saturated heterocycles. The van der Waals surface area contributed by atoms with E-state index in [2.05, 4.69) is 6.92 Å². The maximum atomic E-state index is 11.8. The second-order valence-corrected chi connectivity index (χ2v) is 8.18. The van der Waals surface area contributed by atoms with Crippen molar-refractivity contribution in [1.29, 1.82) is 0 Å². The van der Waals surface area contributed by atoms with E-state index in [0.717, 1.165) is 38.5 Å². The number of hydrogen-bond donors (Lipinski definition) is 2. The van der Waals surface area contributed by atoms with Gasteiger partial charge in [-0.3, -0.25) is 4.79 Å². The van der Waals surface area contributed by atoms with Crippen molar-refractivity contribution in [2.24, 2.45) is 17.3 Å². The lowest BCUT2D eigenvalue weighted by Crippen LogP contribution is -2.43. The lowest BCUT2D eigenvalue weighted by atomic mass is 9.55. The van der Waals surface area contributed by atoms with Gasteiger partial charge in [-0.2, -0.15) is 0 Å². The minimum Gasteiger partial charge on any atom is -0.507 e. The van der Waals surface area contributed by atoms with E-state index in [-0.39, 0.29) is 23.1 Å². The zero-order valence-electron chi connectivity index (χ0n) is 14.0. The molecule has 23 heavy (non-hydrogen) atoms. The molecule has 3 aliphatic rings. The fourth-order valence-electron chi connectivity index (χ4n) is 5.86. The highest BCUT2D eigenvalue weighted by Gasteiger charge is 2.54. The minimum absolute atomic E-state index is 0.0654. The molecule has 0 radical (unpaired) electrons. The normalized spacial score (nSPS) is 38.6. The number of fused-ring (bicyclic) bond motifs is 5. The Hall–Kier alpha value is -1.35. The molecule has 3 nitrogen and oxygen atoms in total. The number of carbonyl (C=O) groups is 1. The molecule has 1 aromatic rings. The molecule has 2 N–H and O–H groups in total. The molecule has 0 bridgehead atoms. The average Bonchev–Trinajstić information content (AvgIpc) is 2.81. The molecule has 4 rings (SSSR count). The highest BCUT2D eigenvalue weighted by molar-refractivity contribution is 5.97. The molecule has 0 aliphatic heterocycles. The number of hydrogen-bond acceptors (Lipinski definition) is 3. The van der Waals surface area contributed by atoms with Crippen LogP contribution in [0.4, 0.5) is 0 Å². The molecule has 124 valence electrons. The van der Waals surface area contributed by atoms with Gasteiger partial charge in [-0.05, 0) is 91.9 Å². The Kier molecular flexibility index (Phi) is 3.35. The Labute approximate surface area is 137 Å². The second-order valence-electron chi connectivity index (χ2n) is 8.18. The van der Waals surface area contributed by atoms with Crippen LogP contribution in [-0.4, -0.2) is 22.1 Å². The van der Waals surface area contributed by atoms with Crippen LogP contribution in [0, 0.1) is 17.3 Å². The number of aryl methyl sites for hydroxylation is 1. The van der Waals surface area contributed by atoms with E-state index in [4.69, 9.17) is 0 Å². The zero-order chi connectivity index (χ0) is 16.4. The van der Waals surface area contributed by atoms with Crippen molar-refractivity contribution < 1.29 is 15.0 Å². The number of aromatic hydroxyl groups is 1. The van der Waals surface area contributed by atoms with Gasteiger partial charge in [0.25, 0.3) is 0 Å². The number of ketones is 1. The summed E-state index contributed by atoms with van der Waals surface area (Å²) < 4.78 is 0. The molecule has 0 heterocycles. The van der Waals surface area contributed by atoms with Crippen molar-refractivity contribution in [3.8, 4) is 5.75 Å². The SMILES string of the molecule is CC(=O)c1cc2c(cc1O)CC[C@@H]1[C@@H]2CC[C@]2(C)[C@H](O)CC[C@@H]12. The first-order valence-corrected chi connectivity index (χ1v) is 8.96. The summed E-state index contributed by atoms with van der Waals surface area (Å²) in [5.41, 5.74) is 3.05. The van der Waals surface area contributed by atoms with Gasteiger partial charge >= 0.3 is 0 Å². The lowest BCUT2D eigenvalue weighted by molar-refractivity contribution is -0.0226. The van der Waals surface area contributed by atoms with Crippen molar-refractivity contribution in [1.82, 2.24) is 0 Å². The van der Waals surface area contributed by atoms with Crippen LogP contribution in [0.1, 0.15) is 73.4 Å². The van der Waals surface area contributed by atoms with E-state index in [1.165, 1.54) is 18.1 Å². The predicted octanol–water partition coefficient (Wildman–Crippen LogP) is 3.81. The first kappa shape index (κ1) is 15.2. The fraction of sp³-hybridized carbons (Fsp3) is 0.650. The van der Waals surface area contributed by atoms with E-state index < -0.39 is 0 Å². The maximum absolute atomic E-state index is 11.8. The molecule has 0 amide bonds. The van der Waals surface area contributed by atoms with E-state index in [9.17, 15) is 15.0 Å². The van der Waals surface area contributed by atoms with Gasteiger partial charge in [0.1, 0.15) is 5.75 Å². The molecule has 3 aliphatic carbocycles. The van der Waals surface area contributed by atoms with Gasteiger partial charge in [-0.1, -0.05) is 6.92 Å². The van der Waals surface area contributed by atoms with Crippen molar-refractivity contribution in [3.63, 3.8) is 0 Å². The van der Waals surface area contributed by atoms with Crippen LogP contribution >= 0.6 is 0 Å². The summed E-state index contributed by atoms with van der Waals surface area (Å²) in [5, 5.41) is 20.5. The highest BCUT2D eigenvalue weighted by Crippen LogP contribution is 2.61. The monoisotopic (exact) mass is 314 g/mol. The molecule has 2 fully saturated rings. The Morgan fingerprint density at radius 2 is 2.00 bits per heavy atom. The van der Waals surface area contributed by atoms with Crippen LogP contribution in [0.5, 0.6) is 5.75 Å². The first-order chi connectivity index (χ1) is 10.9. The third-order valence-corrected chi connectivity index (χ3v) is 7.17. The van der Waals surface area contributed by atoms with Gasteiger partial charge in [-0.25, -0.2) is 0 Å². The number of phenolic OH excluding ortho intramolecular Hbond substituents is 1. The summed E-state index contributed by atoms with van der Waals surface area (Å²) in [4.78, 5) is 11.8. The predicted molar refractivity (Wildman–Crippen MR) is 88.7 cm³/mol. The van der Waals surface area contributed by atoms with Gasteiger partial charge in [0.15, 0.2) is 5.78 Å². The van der Waals surface area contributed by atoms with Gasteiger partial charge in [0.2, 0.25) is 0 Å². The van der Waals surface area contributed by atoms with Crippen LogP contribution in [0.3, 0.4) is 0 Å². The largest absolute Gasteiger partial charge is 0.507 e. The topological polar surface area (TPSA) is 57.5 Å². The van der Waals surface area contributed by atoms with Crippen LogP contribution in [-0.2, 0) is 6.42 Å². The Morgan fingerprint density at radius 1 is 1.22 bits per heavy atom. The summed E-state index contributed by atoms with van der Waals surface area (Å²) in [6.07, 6.45) is 6.19. The van der Waals surface area contributed by atoms with Crippen molar-refractivity contribution >= 4 is 5.78 Å². The van der Waals surface area contributed by atoms with Gasteiger partial charge in [0.05, 0.1) is 11.7 Å². The summed E-state index contributed by atoms with van der Waals surface area (Å²) in [6.45, 7) is 3.80. The van der Waals surface area contributed by atoms with E-state index in [0.29, 0.717) is 23.3 Å². The number of Topliss-reactive ketones (excluding diaryl/α,β-unsaturated/α-hetero) is 1. The Bertz CT molecular complexity index is 665. The summed E-state index contributed by atoms with van der Waals surface area (Å²) in [6, 6.07) is 3.78. The molecule has 1 aromatic carbocycles. The van der Waals surface area contributed by atoms with Crippen LogP contribution in [0.2, 0.25) is 0 Å². The molecular weight excluding hydrogens is 288 g/mol. The molecule has 3 heteroatoms. The van der Waals surface area contributed by atoms with E-state index >= 15 is 0 Å². The standard InChI is InChI=1S/C20H26O3/c1-11(21)15-10-16-12(9-18(15)22)3-4-14-13(16)7-8-20(2)17(14)5-6-19(20)23/h9-10,13-14,17,19,22-23H,3-8H2,1-2H3/t13-,14+,17-,19+,20-/m0/s1. The fourth-order valence-corrected chi connectivity index (χ4v) is 5.86. The number of rotatable bonds is 1. The molecule has 0 unspecified atom stereocenters. The number of aliphatic hydroxyl groups is 1. The molecule has 2 saturated carbocycles. The third kappa shape index (κ3) is 2.09. The summed E-state index contributed by atoms with van der Waals surface area (Å²) in [5.74, 6) is 1.76. The van der Waals surface area contributed by atoms with Crippen molar-refractivity contribution in [3.05, 3.63) is 28.8 Å². The molecule has 0 spiro atoms. The zero-order valence-corrected chi connectivity index (χ0v) is 14.0. The summed E-state index contributed by atoms with van der Waals surface area (Å²) >= 11 is 0. The van der Waals surface area contributed by atoms with Crippen LogP contribution in [0.15, 0.2) is 12.1 Å². The molecular formula is C20H26O3. The first-order valence-electron chi connectivity index (χ1n) is 8.96. The molecule has 5 atom stereocenters. The van der Waals surface area contributed by atoms with E-state index in [1.807, 2.05) is 12.1 Å². The van der Waals surface area contributed by atoms with Crippen molar-refractivity contribution in [2.75, 3.05) is 0 Å². The number of benzene rings is 1. The number of carbonyl (C=O) groups excluding carboxylic acids is 1. The minimum atomic E-state index is -0.151. The Morgan fingerprint density at radius 3 is 2.74 bits per heavy atom. The van der Waals surface area contributed by atoms with Crippen LogP contribution < -0.4 is 0 Å². The average molecular weight is 314 g/mol.